The Kier molecular flexibility index (Phi) is 6.24. The molecule has 0 unspecified atom stereocenters. The van der Waals surface area contributed by atoms with Gasteiger partial charge in [-0.25, -0.2) is 9.78 Å². The van der Waals surface area contributed by atoms with Crippen molar-refractivity contribution < 1.29 is 14.3 Å². The lowest BCUT2D eigenvalue weighted by atomic mass is 10.0. The van der Waals surface area contributed by atoms with Gasteiger partial charge in [-0.2, -0.15) is 0 Å². The molecule has 0 saturated carbocycles. The van der Waals surface area contributed by atoms with Crippen LogP contribution in [0.15, 0.2) is 96.4 Å². The number of aromatic nitrogens is 1. The molecular weight excluding hydrogens is 458 g/mol. The van der Waals surface area contributed by atoms with E-state index in [1.54, 1.807) is 18.2 Å². The summed E-state index contributed by atoms with van der Waals surface area (Å²) < 4.78 is 5.24. The average Bonchev–Trinajstić information content (AvgIpc) is 3.36. The first-order valence-electron chi connectivity index (χ1n) is 10.9. The summed E-state index contributed by atoms with van der Waals surface area (Å²) in [6.07, 6.45) is 0. The van der Waals surface area contributed by atoms with E-state index in [0.717, 1.165) is 27.8 Å². The minimum absolute atomic E-state index is 0.323. The van der Waals surface area contributed by atoms with Crippen molar-refractivity contribution in [1.82, 2.24) is 4.98 Å². The molecule has 0 aliphatic carbocycles. The Bertz CT molecular complexity index is 1510. The standard InChI is InChI=1S/C28H21N3O3S/c29-23-11-5-9-21-8-4-10-22(26(21)23)27(33)34-16-25(32)31-28-30-24(17-35-28)20-14-12-19(13-15-20)18-6-2-1-3-7-18/h1-15,17H,16,29H2,(H,30,31,32). The number of esters is 1. The number of nitrogens with two attached hydrogens (primary N) is 1. The first-order valence-corrected chi connectivity index (χ1v) is 11.8. The van der Waals surface area contributed by atoms with Gasteiger partial charge in [-0.1, -0.05) is 78.9 Å². The lowest BCUT2D eigenvalue weighted by molar-refractivity contribution is -0.119. The summed E-state index contributed by atoms with van der Waals surface area (Å²) in [5.74, 6) is -1.08. The van der Waals surface area contributed by atoms with E-state index in [9.17, 15) is 9.59 Å². The van der Waals surface area contributed by atoms with Gasteiger partial charge in [0.05, 0.1) is 11.3 Å². The van der Waals surface area contributed by atoms with Gasteiger partial charge >= 0.3 is 5.97 Å². The molecule has 0 atom stereocenters. The molecule has 5 aromatic rings. The Morgan fingerprint density at radius 1 is 0.829 bits per heavy atom. The number of nitrogens with zero attached hydrogens (tertiary/aromatic N) is 1. The number of carbonyl (C=O) groups is 2. The average molecular weight is 480 g/mol. The molecule has 0 radical (unpaired) electrons. The predicted molar refractivity (Wildman–Crippen MR) is 140 cm³/mol. The van der Waals surface area contributed by atoms with Crippen LogP contribution in [0.1, 0.15) is 10.4 Å². The van der Waals surface area contributed by atoms with E-state index >= 15 is 0 Å². The summed E-state index contributed by atoms with van der Waals surface area (Å²) in [7, 11) is 0. The highest BCUT2D eigenvalue weighted by Gasteiger charge is 2.16. The highest BCUT2D eigenvalue weighted by molar-refractivity contribution is 7.14. The smallest absolute Gasteiger partial charge is 0.339 e. The molecule has 0 spiro atoms. The van der Waals surface area contributed by atoms with E-state index in [1.165, 1.54) is 11.3 Å². The zero-order valence-electron chi connectivity index (χ0n) is 18.6. The number of hydrogen-bond acceptors (Lipinski definition) is 6. The molecule has 1 heterocycles. The first-order chi connectivity index (χ1) is 17.1. The van der Waals surface area contributed by atoms with E-state index in [-0.39, 0.29) is 0 Å². The second-order valence-corrected chi connectivity index (χ2v) is 8.71. The van der Waals surface area contributed by atoms with Crippen molar-refractivity contribution in [1.29, 1.82) is 0 Å². The fourth-order valence-electron chi connectivity index (χ4n) is 3.83. The van der Waals surface area contributed by atoms with Crippen molar-refractivity contribution in [3.63, 3.8) is 0 Å². The molecule has 5 rings (SSSR count). The maximum atomic E-state index is 12.6. The van der Waals surface area contributed by atoms with Crippen LogP contribution in [0.25, 0.3) is 33.2 Å². The molecule has 4 aromatic carbocycles. The number of ether oxygens (including phenoxy) is 1. The van der Waals surface area contributed by atoms with Gasteiger partial charge in [0.2, 0.25) is 0 Å². The Hall–Kier alpha value is -4.49. The SMILES string of the molecule is Nc1cccc2cccc(C(=O)OCC(=O)Nc3nc(-c4ccc(-c5ccccc5)cc4)cs3)c12. The quantitative estimate of drug-likeness (QED) is 0.230. The van der Waals surface area contributed by atoms with Crippen LogP contribution in [0.3, 0.4) is 0 Å². The first kappa shape index (κ1) is 22.3. The summed E-state index contributed by atoms with van der Waals surface area (Å²) in [4.78, 5) is 29.5. The highest BCUT2D eigenvalue weighted by atomic mass is 32.1. The maximum absolute atomic E-state index is 12.6. The fraction of sp³-hybridized carbons (Fsp3) is 0.0357. The van der Waals surface area contributed by atoms with E-state index in [1.807, 2.05) is 66.0 Å². The number of rotatable bonds is 6. The summed E-state index contributed by atoms with van der Waals surface area (Å²) in [6.45, 7) is -0.428. The topological polar surface area (TPSA) is 94.3 Å². The third kappa shape index (κ3) is 4.90. The molecule has 6 nitrogen and oxygen atoms in total. The zero-order valence-corrected chi connectivity index (χ0v) is 19.4. The normalized spacial score (nSPS) is 10.7. The van der Waals surface area contributed by atoms with E-state index in [0.29, 0.717) is 21.8 Å². The van der Waals surface area contributed by atoms with Crippen LogP contribution < -0.4 is 11.1 Å². The van der Waals surface area contributed by atoms with Gasteiger partial charge in [0, 0.05) is 22.0 Å². The number of anilines is 2. The molecule has 0 aliphatic rings. The lowest BCUT2D eigenvalue weighted by Gasteiger charge is -2.09. The van der Waals surface area contributed by atoms with Crippen LogP contribution in [-0.4, -0.2) is 23.5 Å². The van der Waals surface area contributed by atoms with Gasteiger partial charge in [0.1, 0.15) is 0 Å². The number of hydrogen-bond donors (Lipinski definition) is 2. The highest BCUT2D eigenvalue weighted by Crippen LogP contribution is 2.28. The van der Waals surface area contributed by atoms with Crippen molar-refractivity contribution in [2.75, 3.05) is 17.7 Å². The number of thiazole rings is 1. The van der Waals surface area contributed by atoms with Crippen LogP contribution in [-0.2, 0) is 9.53 Å². The van der Waals surface area contributed by atoms with Crippen molar-refractivity contribution in [3.05, 3.63) is 102 Å². The number of benzene rings is 4. The molecule has 0 bridgehead atoms. The Labute approximate surface area is 206 Å². The largest absolute Gasteiger partial charge is 0.452 e. The number of amides is 1. The van der Waals surface area contributed by atoms with Gasteiger partial charge in [-0.05, 0) is 28.6 Å². The van der Waals surface area contributed by atoms with Crippen LogP contribution in [0.2, 0.25) is 0 Å². The monoisotopic (exact) mass is 479 g/mol. The van der Waals surface area contributed by atoms with Crippen molar-refractivity contribution >= 4 is 44.8 Å². The second kappa shape index (κ2) is 9.79. The zero-order chi connectivity index (χ0) is 24.2. The maximum Gasteiger partial charge on any atom is 0.339 e. The van der Waals surface area contributed by atoms with Gasteiger partial charge < -0.3 is 10.5 Å². The summed E-state index contributed by atoms with van der Waals surface area (Å²) in [5, 5.41) is 6.44. The molecule has 0 fully saturated rings. The molecule has 172 valence electrons. The molecule has 7 heteroatoms. The Morgan fingerprint density at radius 2 is 1.51 bits per heavy atom. The van der Waals surface area contributed by atoms with Crippen molar-refractivity contribution in [3.8, 4) is 22.4 Å². The lowest BCUT2D eigenvalue weighted by Crippen LogP contribution is -2.21. The van der Waals surface area contributed by atoms with Gasteiger partial charge in [0.25, 0.3) is 5.91 Å². The minimum atomic E-state index is -0.609. The van der Waals surface area contributed by atoms with E-state index < -0.39 is 18.5 Å². The van der Waals surface area contributed by atoms with E-state index in [2.05, 4.69) is 22.4 Å². The van der Waals surface area contributed by atoms with Crippen molar-refractivity contribution in [2.24, 2.45) is 0 Å². The number of nitrogens with one attached hydrogen (secondary N) is 1. The summed E-state index contributed by atoms with van der Waals surface area (Å²) in [6, 6.07) is 28.9. The third-order valence-corrected chi connectivity index (χ3v) is 6.29. The molecule has 1 aromatic heterocycles. The number of nitrogen functional groups attached to an aromatic ring is 1. The molecule has 0 aliphatic heterocycles. The Morgan fingerprint density at radius 3 is 2.29 bits per heavy atom. The van der Waals surface area contributed by atoms with Crippen molar-refractivity contribution in [2.45, 2.75) is 0 Å². The van der Waals surface area contributed by atoms with Gasteiger partial charge in [-0.3, -0.25) is 10.1 Å². The second-order valence-electron chi connectivity index (χ2n) is 7.86. The van der Waals surface area contributed by atoms with Gasteiger partial charge in [0.15, 0.2) is 11.7 Å². The molecule has 1 amide bonds. The van der Waals surface area contributed by atoms with Gasteiger partial charge in [-0.15, -0.1) is 11.3 Å². The third-order valence-electron chi connectivity index (χ3n) is 5.53. The number of fused-ring (bicyclic) bond motifs is 1. The molecule has 3 N–H and O–H groups in total. The molecular formula is C28H21N3O3S. The Balaban J connectivity index is 1.21. The van der Waals surface area contributed by atoms with Crippen LogP contribution in [0.5, 0.6) is 0 Å². The fourth-order valence-corrected chi connectivity index (χ4v) is 4.57. The van der Waals surface area contributed by atoms with Crippen LogP contribution in [0.4, 0.5) is 10.8 Å². The minimum Gasteiger partial charge on any atom is -0.452 e. The molecule has 35 heavy (non-hydrogen) atoms. The number of carbonyl (C=O) groups excluding carboxylic acids is 2. The van der Waals surface area contributed by atoms with Crippen LogP contribution >= 0.6 is 11.3 Å². The van der Waals surface area contributed by atoms with Crippen LogP contribution in [0, 0.1) is 0 Å². The predicted octanol–water partition coefficient (Wildman–Crippen LogP) is 6.01. The molecule has 0 saturated heterocycles. The summed E-state index contributed by atoms with van der Waals surface area (Å²) in [5.41, 5.74) is 10.8. The summed E-state index contributed by atoms with van der Waals surface area (Å²) >= 11 is 1.31. The van der Waals surface area contributed by atoms with E-state index in [4.69, 9.17) is 10.5 Å².